The van der Waals surface area contributed by atoms with Gasteiger partial charge in [0.1, 0.15) is 28.7 Å². The summed E-state index contributed by atoms with van der Waals surface area (Å²) in [5.74, 6) is 4.21. The Balaban J connectivity index is 0.000000183. The molecule has 436 valence electrons. The van der Waals surface area contributed by atoms with Gasteiger partial charge in [0, 0.05) is 31.2 Å². The average Bonchev–Trinajstić information content (AvgIpc) is 3.70. The van der Waals surface area contributed by atoms with Crippen LogP contribution in [0.2, 0.25) is 0 Å². The average molecular weight is 1230 g/mol. The van der Waals surface area contributed by atoms with Crippen LogP contribution in [0.5, 0.6) is 28.7 Å². The Hall–Kier alpha value is -9.00. The zero-order valence-corrected chi connectivity index (χ0v) is 52.8. The first-order chi connectivity index (χ1) is 43.3. The first-order valence-electron chi connectivity index (χ1n) is 28.6. The normalized spacial score (nSPS) is 11.6. The van der Waals surface area contributed by atoms with Gasteiger partial charge in [-0.15, -0.1) is 0 Å². The number of aliphatic hydroxyl groups excluding tert-OH is 1. The van der Waals surface area contributed by atoms with Gasteiger partial charge in [-0.3, -0.25) is 0 Å². The monoisotopic (exact) mass is 1230 g/mol. The first-order valence-corrected chi connectivity index (χ1v) is 32.7. The molecular weight excluding hydrogens is 1160 g/mol. The van der Waals surface area contributed by atoms with Gasteiger partial charge >= 0.3 is 0 Å². The molecule has 0 saturated carbocycles. The van der Waals surface area contributed by atoms with Crippen molar-refractivity contribution in [3.63, 3.8) is 0 Å². The molecule has 10 heteroatoms. The van der Waals surface area contributed by atoms with E-state index >= 15 is 0 Å². The van der Waals surface area contributed by atoms with Crippen LogP contribution in [0.25, 0.3) is 44.5 Å². The van der Waals surface area contributed by atoms with Crippen LogP contribution in [0.3, 0.4) is 0 Å². The summed E-state index contributed by atoms with van der Waals surface area (Å²) in [6, 6.07) is 102. The van der Waals surface area contributed by atoms with E-state index in [1.54, 1.807) is 59.1 Å². The molecule has 12 rings (SSSR count). The molecule has 0 spiro atoms. The molecule has 88 heavy (non-hydrogen) atoms. The van der Waals surface area contributed by atoms with Gasteiger partial charge in [-0.25, -0.2) is 0 Å². The molecule has 1 N–H and O–H groups in total. The summed E-state index contributed by atoms with van der Waals surface area (Å²) in [7, 11) is 7.78. The van der Waals surface area contributed by atoms with Crippen LogP contribution in [0.15, 0.2) is 340 Å². The molecule has 6 nitrogen and oxygen atoms in total. The standard InChI is InChI=1S/C40H35O4S2.C38H31O2S2/c1-42-33-9-4-7-30(23-33)28-13-17-36(18-14-28)45-37-19-22-40(32(25-37)27-41)46(39-12-6-11-35(26-39)44-3)38-20-15-29(16-21-38)31-8-5-10-34(24-31)43-2;1-39-32-10-6-8-30(26-32)28-14-18-34(19-15-28)41-35-20-24-38(25-21-35)42(36-12-4-3-5-13-36)37-22-16-29(17-23-37)31-9-7-11-33(27-31)40-2/h4-26,41H,27H2,1-3H3;3-27H,1-2H3/q2*+1. The van der Waals surface area contributed by atoms with Crippen molar-refractivity contribution >= 4 is 45.3 Å². The molecule has 0 heterocycles. The fourth-order valence-electron chi connectivity index (χ4n) is 10.1. The molecule has 0 aliphatic carbocycles. The van der Waals surface area contributed by atoms with E-state index in [1.807, 2.05) is 72.8 Å². The van der Waals surface area contributed by atoms with E-state index in [-0.39, 0.29) is 17.5 Å². The highest BCUT2D eigenvalue weighted by Crippen LogP contribution is 2.41. The molecule has 12 aromatic carbocycles. The van der Waals surface area contributed by atoms with Gasteiger partial charge in [-0.2, -0.15) is 0 Å². The predicted molar refractivity (Wildman–Crippen MR) is 365 cm³/mol. The van der Waals surface area contributed by atoms with E-state index in [2.05, 4.69) is 218 Å². The quantitative estimate of drug-likeness (QED) is 0.0757. The fraction of sp³-hybridized carbons (Fsp3) is 0.0769. The molecule has 2 atom stereocenters. The molecular formula is C78H66O6S4+2. The van der Waals surface area contributed by atoms with Gasteiger partial charge in [0.05, 0.1) is 63.9 Å². The Morgan fingerprint density at radius 2 is 0.568 bits per heavy atom. The second kappa shape index (κ2) is 29.6. The Labute approximate surface area is 531 Å². The first kappa shape index (κ1) is 60.7. The van der Waals surface area contributed by atoms with Crippen LogP contribution in [-0.4, -0.2) is 40.7 Å². The number of methoxy groups -OCH3 is 5. The minimum Gasteiger partial charge on any atom is -0.497 e. The van der Waals surface area contributed by atoms with Crippen molar-refractivity contribution in [1.82, 2.24) is 0 Å². The second-order valence-corrected chi connectivity index (χ2v) is 26.5. The van der Waals surface area contributed by atoms with Crippen molar-refractivity contribution in [2.24, 2.45) is 0 Å². The lowest BCUT2D eigenvalue weighted by atomic mass is 10.1. The van der Waals surface area contributed by atoms with Crippen molar-refractivity contribution in [2.45, 2.75) is 55.6 Å². The van der Waals surface area contributed by atoms with Gasteiger partial charge in [0.25, 0.3) is 0 Å². The van der Waals surface area contributed by atoms with Crippen molar-refractivity contribution in [3.8, 4) is 73.3 Å². The van der Waals surface area contributed by atoms with Crippen molar-refractivity contribution in [3.05, 3.63) is 297 Å². The zero-order chi connectivity index (χ0) is 60.6. The lowest BCUT2D eigenvalue weighted by molar-refractivity contribution is 0.278. The molecule has 2 unspecified atom stereocenters. The van der Waals surface area contributed by atoms with Crippen LogP contribution < -0.4 is 23.7 Å². The van der Waals surface area contributed by atoms with Gasteiger partial charge in [0.15, 0.2) is 29.4 Å². The second-order valence-electron chi connectivity index (χ2n) is 20.2. The minimum absolute atomic E-state index is 0.0616. The molecule has 0 aliphatic heterocycles. The SMILES string of the molecule is COc1cccc(-c2ccc(Sc3ccc([S+](c4ccc(-c5cccc(OC)c5)cc4)c4cccc(OC)c4)c(CO)c3)cc2)c1.COc1cccc(-c2ccc(Sc3ccc([S+](c4ccccc4)c4ccc(-c5cccc(OC)c5)cc4)cc3)cc2)c1. The Bertz CT molecular complexity index is 4220. The smallest absolute Gasteiger partial charge is 0.172 e. The van der Waals surface area contributed by atoms with Crippen LogP contribution >= 0.6 is 23.5 Å². The Kier molecular flexibility index (Phi) is 20.4. The molecule has 0 fully saturated rings. The summed E-state index contributed by atoms with van der Waals surface area (Å²) in [6.45, 7) is -0.0616. The van der Waals surface area contributed by atoms with Crippen LogP contribution in [0.4, 0.5) is 0 Å². The largest absolute Gasteiger partial charge is 0.497 e. The maximum absolute atomic E-state index is 10.6. The third kappa shape index (κ3) is 15.0. The van der Waals surface area contributed by atoms with Gasteiger partial charge in [-0.05, 0) is 233 Å². The number of ether oxygens (including phenoxy) is 5. The number of hydrogen-bond donors (Lipinski definition) is 1. The van der Waals surface area contributed by atoms with E-state index in [4.69, 9.17) is 23.7 Å². The van der Waals surface area contributed by atoms with Gasteiger partial charge < -0.3 is 28.8 Å². The van der Waals surface area contributed by atoms with Gasteiger partial charge in [0.2, 0.25) is 0 Å². The third-order valence-corrected chi connectivity index (χ3v) is 21.3. The van der Waals surface area contributed by atoms with E-state index in [0.29, 0.717) is 0 Å². The highest BCUT2D eigenvalue weighted by Gasteiger charge is 2.33. The zero-order valence-electron chi connectivity index (χ0n) is 49.5. The lowest BCUT2D eigenvalue weighted by Gasteiger charge is -2.14. The van der Waals surface area contributed by atoms with E-state index < -0.39 is 10.9 Å². The van der Waals surface area contributed by atoms with E-state index in [9.17, 15) is 5.11 Å². The van der Waals surface area contributed by atoms with Crippen LogP contribution in [0.1, 0.15) is 5.56 Å². The predicted octanol–water partition coefficient (Wildman–Crippen LogP) is 20.1. The van der Waals surface area contributed by atoms with Crippen molar-refractivity contribution in [1.29, 1.82) is 0 Å². The summed E-state index contributed by atoms with van der Waals surface area (Å²) >= 11 is 3.47. The molecule has 0 aliphatic rings. The highest BCUT2D eigenvalue weighted by atomic mass is 32.2. The topological polar surface area (TPSA) is 66.4 Å². The van der Waals surface area contributed by atoms with E-state index in [1.165, 1.54) is 35.6 Å². The number of benzene rings is 12. The minimum atomic E-state index is -0.475. The molecule has 0 bridgehead atoms. The molecule has 0 radical (unpaired) electrons. The molecule has 0 aromatic heterocycles. The van der Waals surface area contributed by atoms with Crippen LogP contribution in [0, 0.1) is 0 Å². The molecule has 0 amide bonds. The summed E-state index contributed by atoms with van der Waals surface area (Å²) < 4.78 is 27.2. The number of hydrogen-bond acceptors (Lipinski definition) is 8. The van der Waals surface area contributed by atoms with Gasteiger partial charge in [-0.1, -0.05) is 121 Å². The highest BCUT2D eigenvalue weighted by molar-refractivity contribution is 7.99. The summed E-state index contributed by atoms with van der Waals surface area (Å²) in [5, 5.41) is 10.6. The van der Waals surface area contributed by atoms with E-state index in [0.717, 1.165) is 92.2 Å². The lowest BCUT2D eigenvalue weighted by Crippen LogP contribution is -2.08. The number of aliphatic hydroxyl groups is 1. The summed E-state index contributed by atoms with van der Waals surface area (Å²) in [5.41, 5.74) is 10.0. The fourth-order valence-corrected chi connectivity index (χ4v) is 16.1. The Morgan fingerprint density at radius 1 is 0.261 bits per heavy atom. The van der Waals surface area contributed by atoms with Crippen LogP contribution in [-0.2, 0) is 28.4 Å². The molecule has 0 saturated heterocycles. The molecule has 12 aromatic rings. The maximum atomic E-state index is 10.6. The van der Waals surface area contributed by atoms with Crippen molar-refractivity contribution in [2.75, 3.05) is 35.5 Å². The Morgan fingerprint density at radius 3 is 0.966 bits per heavy atom. The van der Waals surface area contributed by atoms with Crippen molar-refractivity contribution < 1.29 is 28.8 Å². The summed E-state index contributed by atoms with van der Waals surface area (Å²) in [6.07, 6.45) is 0. The maximum Gasteiger partial charge on any atom is 0.172 e. The summed E-state index contributed by atoms with van der Waals surface area (Å²) in [4.78, 5) is 11.9. The third-order valence-electron chi connectivity index (χ3n) is 14.7. The number of rotatable bonds is 20.